The zero-order valence-electron chi connectivity index (χ0n) is 33.0. The van der Waals surface area contributed by atoms with E-state index in [2.05, 4.69) is 12.2 Å². The largest absolute Gasteiger partial charge is 0.508 e. The van der Waals surface area contributed by atoms with Crippen LogP contribution in [-0.2, 0) is 44.6 Å². The zero-order valence-corrected chi connectivity index (χ0v) is 33.0. The van der Waals surface area contributed by atoms with Crippen molar-refractivity contribution in [1.29, 1.82) is 0 Å². The summed E-state index contributed by atoms with van der Waals surface area (Å²) in [5.74, 6) is -5.14. The standard InChI is InChI=1S/C41H65NO11/c1-8-9-10-13-16-19-31(44)20-17-14-11-12-15-18-21-33(41(50,26-27-43)38(49)53-40(5,6)7)36(47)42-34(28-30-22-24-32(45)25-23-30)37(48)51-29-35(46)52-39(2,3)4/h18,21-25,33-34,43,45,50H,8-17,19-20,26-29H2,1-7H3,(H,42,47)/b21-18+/t33-,34+,41+/m1/s1. The molecule has 12 nitrogen and oxygen atoms in total. The first kappa shape index (κ1) is 47.3. The van der Waals surface area contributed by atoms with Crippen molar-refractivity contribution in [1.82, 2.24) is 5.32 Å². The molecule has 0 heterocycles. The van der Waals surface area contributed by atoms with Gasteiger partial charge in [-0.3, -0.25) is 9.59 Å². The first-order valence-electron chi connectivity index (χ1n) is 19.0. The molecular weight excluding hydrogens is 682 g/mol. The van der Waals surface area contributed by atoms with E-state index in [9.17, 15) is 39.3 Å². The Kier molecular flexibility index (Phi) is 21.2. The lowest BCUT2D eigenvalue weighted by molar-refractivity contribution is -0.185. The molecule has 12 heteroatoms. The summed E-state index contributed by atoms with van der Waals surface area (Å²) in [6, 6.07) is 4.51. The maximum atomic E-state index is 14.0. The van der Waals surface area contributed by atoms with Crippen LogP contribution >= 0.6 is 0 Å². The lowest BCUT2D eigenvalue weighted by Crippen LogP contribution is -2.56. The fourth-order valence-electron chi connectivity index (χ4n) is 5.53. The van der Waals surface area contributed by atoms with Gasteiger partial charge in [-0.1, -0.05) is 69.7 Å². The minimum atomic E-state index is -2.51. The predicted molar refractivity (Wildman–Crippen MR) is 202 cm³/mol. The summed E-state index contributed by atoms with van der Waals surface area (Å²) in [7, 11) is 0. The fourth-order valence-corrected chi connectivity index (χ4v) is 5.53. The van der Waals surface area contributed by atoms with E-state index in [-0.39, 0.29) is 18.0 Å². The van der Waals surface area contributed by atoms with E-state index in [1.54, 1.807) is 59.8 Å². The van der Waals surface area contributed by atoms with E-state index < -0.39 is 72.2 Å². The van der Waals surface area contributed by atoms with Gasteiger partial charge in [-0.05, 0) is 84.9 Å². The molecule has 3 atom stereocenters. The molecule has 0 aromatic heterocycles. The minimum absolute atomic E-state index is 0.0138. The molecule has 0 spiro atoms. The number of phenols is 1. The topological polar surface area (TPSA) is 186 Å². The van der Waals surface area contributed by atoms with Crippen molar-refractivity contribution in [3.63, 3.8) is 0 Å². The predicted octanol–water partition coefficient (Wildman–Crippen LogP) is 6.20. The van der Waals surface area contributed by atoms with Crippen LogP contribution in [0.4, 0.5) is 0 Å². The highest BCUT2D eigenvalue weighted by Crippen LogP contribution is 2.29. The Morgan fingerprint density at radius 3 is 1.92 bits per heavy atom. The fraction of sp³-hybridized carbons (Fsp3) is 0.683. The van der Waals surface area contributed by atoms with E-state index >= 15 is 0 Å². The summed E-state index contributed by atoms with van der Waals surface area (Å²) >= 11 is 0. The van der Waals surface area contributed by atoms with Crippen LogP contribution < -0.4 is 5.32 Å². The number of nitrogens with one attached hydrogen (secondary N) is 1. The van der Waals surface area contributed by atoms with Crippen LogP contribution in [0, 0.1) is 5.92 Å². The van der Waals surface area contributed by atoms with Gasteiger partial charge in [0.25, 0.3) is 0 Å². The van der Waals surface area contributed by atoms with Crippen LogP contribution in [0.1, 0.15) is 138 Å². The van der Waals surface area contributed by atoms with Gasteiger partial charge < -0.3 is 34.8 Å². The third kappa shape index (κ3) is 20.3. The molecule has 0 aliphatic rings. The molecule has 0 radical (unpaired) electrons. The van der Waals surface area contributed by atoms with Gasteiger partial charge in [0.15, 0.2) is 12.2 Å². The number of allylic oxidation sites excluding steroid dienone is 1. The van der Waals surface area contributed by atoms with Crippen LogP contribution in [0.2, 0.25) is 0 Å². The quantitative estimate of drug-likeness (QED) is 0.0386. The van der Waals surface area contributed by atoms with Gasteiger partial charge in [0.2, 0.25) is 5.91 Å². The van der Waals surface area contributed by atoms with E-state index in [0.717, 1.165) is 44.9 Å². The second-order valence-corrected chi connectivity index (χ2v) is 15.6. The molecule has 0 fully saturated rings. The van der Waals surface area contributed by atoms with Crippen molar-refractivity contribution < 1.29 is 53.5 Å². The first-order valence-corrected chi connectivity index (χ1v) is 19.0. The van der Waals surface area contributed by atoms with Gasteiger partial charge in [-0.15, -0.1) is 0 Å². The van der Waals surface area contributed by atoms with Crippen LogP contribution in [0.25, 0.3) is 0 Å². The molecule has 0 unspecified atom stereocenters. The van der Waals surface area contributed by atoms with Crippen molar-refractivity contribution in [2.45, 2.75) is 161 Å². The maximum Gasteiger partial charge on any atom is 0.344 e. The van der Waals surface area contributed by atoms with Crippen LogP contribution in [-0.4, -0.2) is 81.0 Å². The Labute approximate surface area is 316 Å². The molecule has 0 saturated carbocycles. The Hall–Kier alpha value is -3.77. The molecule has 53 heavy (non-hydrogen) atoms. The number of carbonyl (C=O) groups excluding carboxylic acids is 5. The second kappa shape index (κ2) is 23.8. The first-order chi connectivity index (χ1) is 24.8. The van der Waals surface area contributed by atoms with Crippen LogP contribution in [0.15, 0.2) is 36.4 Å². The van der Waals surface area contributed by atoms with Crippen LogP contribution in [0.3, 0.4) is 0 Å². The van der Waals surface area contributed by atoms with Crippen molar-refractivity contribution in [3.8, 4) is 5.75 Å². The summed E-state index contributed by atoms with van der Waals surface area (Å²) in [6.07, 6.45) is 12.8. The lowest BCUT2D eigenvalue weighted by Gasteiger charge is -2.34. The number of aliphatic hydroxyl groups excluding tert-OH is 1. The van der Waals surface area contributed by atoms with E-state index in [1.165, 1.54) is 31.1 Å². The SMILES string of the molecule is CCCCCCCC(=O)CCCCCC/C=C/[C@H](C(=O)N[C@@H](Cc1ccc(O)cc1)C(=O)OCC(=O)OC(C)(C)C)[C@@](O)(CCO)C(=O)OC(C)(C)C. The smallest absolute Gasteiger partial charge is 0.344 e. The van der Waals surface area contributed by atoms with Gasteiger partial charge in [0, 0.05) is 32.3 Å². The highest BCUT2D eigenvalue weighted by molar-refractivity contribution is 5.93. The van der Waals surface area contributed by atoms with Gasteiger partial charge in [0.05, 0.1) is 5.92 Å². The molecule has 1 rings (SSSR count). The lowest BCUT2D eigenvalue weighted by atomic mass is 9.82. The number of esters is 3. The Balaban J connectivity index is 3.16. The molecule has 0 aliphatic carbocycles. The highest BCUT2D eigenvalue weighted by atomic mass is 16.6. The number of hydrogen-bond donors (Lipinski definition) is 4. The summed E-state index contributed by atoms with van der Waals surface area (Å²) in [5.41, 5.74) is -3.84. The molecule has 1 aromatic rings. The van der Waals surface area contributed by atoms with E-state index in [0.29, 0.717) is 24.8 Å². The maximum absolute atomic E-state index is 14.0. The second-order valence-electron chi connectivity index (χ2n) is 15.6. The summed E-state index contributed by atoms with van der Waals surface area (Å²) in [6.45, 7) is 10.6. The number of rotatable bonds is 25. The van der Waals surface area contributed by atoms with E-state index in [1.807, 2.05) is 0 Å². The number of ketones is 1. The van der Waals surface area contributed by atoms with Gasteiger partial charge in [0.1, 0.15) is 28.8 Å². The van der Waals surface area contributed by atoms with Gasteiger partial charge >= 0.3 is 17.9 Å². The van der Waals surface area contributed by atoms with Gasteiger partial charge in [-0.25, -0.2) is 14.4 Å². The number of unbranched alkanes of at least 4 members (excludes halogenated alkanes) is 8. The molecular formula is C41H65NO11. The molecule has 0 saturated heterocycles. The number of benzene rings is 1. The third-order valence-corrected chi connectivity index (χ3v) is 8.24. The monoisotopic (exact) mass is 747 g/mol. The van der Waals surface area contributed by atoms with Gasteiger partial charge in [-0.2, -0.15) is 0 Å². The average Bonchev–Trinajstić information content (AvgIpc) is 3.05. The number of carbonyl (C=O) groups is 5. The number of Topliss-reactive ketones (excluding diaryl/α,β-unsaturated/α-hetero) is 1. The van der Waals surface area contributed by atoms with Crippen molar-refractivity contribution >= 4 is 29.6 Å². The van der Waals surface area contributed by atoms with Crippen molar-refractivity contribution in [3.05, 3.63) is 42.0 Å². The molecule has 1 aromatic carbocycles. The Morgan fingerprint density at radius 2 is 1.38 bits per heavy atom. The average molecular weight is 748 g/mol. The minimum Gasteiger partial charge on any atom is -0.508 e. The van der Waals surface area contributed by atoms with Crippen molar-refractivity contribution in [2.24, 2.45) is 5.92 Å². The number of ether oxygens (including phenoxy) is 3. The normalized spacial score (nSPS) is 14.2. The molecule has 4 N–H and O–H groups in total. The molecule has 0 bridgehead atoms. The van der Waals surface area contributed by atoms with E-state index in [4.69, 9.17) is 14.2 Å². The summed E-state index contributed by atoms with van der Waals surface area (Å²) < 4.78 is 15.9. The highest BCUT2D eigenvalue weighted by Gasteiger charge is 2.49. The zero-order chi connectivity index (χ0) is 40.1. The summed E-state index contributed by atoms with van der Waals surface area (Å²) in [4.78, 5) is 65.3. The number of aromatic hydroxyl groups is 1. The third-order valence-electron chi connectivity index (χ3n) is 8.24. The molecule has 300 valence electrons. The number of phenolic OH excluding ortho intramolecular Hbond substituents is 1. The molecule has 1 amide bonds. The van der Waals surface area contributed by atoms with Crippen LogP contribution in [0.5, 0.6) is 5.75 Å². The summed E-state index contributed by atoms with van der Waals surface area (Å²) in [5, 5.41) is 34.0. The number of hydrogen-bond acceptors (Lipinski definition) is 11. The Bertz CT molecular complexity index is 1310. The number of amides is 1. The Morgan fingerprint density at radius 1 is 0.811 bits per heavy atom. The van der Waals surface area contributed by atoms with Crippen molar-refractivity contribution in [2.75, 3.05) is 13.2 Å². The molecule has 0 aliphatic heterocycles. The number of aliphatic hydroxyl groups is 2.